The van der Waals surface area contributed by atoms with Gasteiger partial charge in [0.2, 0.25) is 0 Å². The summed E-state index contributed by atoms with van der Waals surface area (Å²) in [5.41, 5.74) is 4.72. The SMILES string of the molecule is CCc1ccc([C@H]2C(=C(O)c3ccc(OCc4cccc(C)c4)cc3)C(=O)C(=O)N2CCCOC)cc1. The van der Waals surface area contributed by atoms with E-state index in [9.17, 15) is 14.7 Å². The number of carbonyl (C=O) groups excluding carboxylic acids is 2. The summed E-state index contributed by atoms with van der Waals surface area (Å²) < 4.78 is 11.0. The van der Waals surface area contributed by atoms with E-state index in [1.165, 1.54) is 10.5 Å². The number of methoxy groups -OCH3 is 1. The van der Waals surface area contributed by atoms with Crippen LogP contribution in [0.4, 0.5) is 0 Å². The van der Waals surface area contributed by atoms with Crippen molar-refractivity contribution in [2.24, 2.45) is 0 Å². The summed E-state index contributed by atoms with van der Waals surface area (Å²) in [7, 11) is 1.60. The first-order valence-electron chi connectivity index (χ1n) is 12.6. The quantitative estimate of drug-likeness (QED) is 0.170. The van der Waals surface area contributed by atoms with Crippen LogP contribution in [0.15, 0.2) is 78.4 Å². The van der Waals surface area contributed by atoms with Gasteiger partial charge < -0.3 is 19.5 Å². The molecule has 192 valence electrons. The van der Waals surface area contributed by atoms with Gasteiger partial charge in [0.1, 0.15) is 18.1 Å². The van der Waals surface area contributed by atoms with Gasteiger partial charge >= 0.3 is 0 Å². The number of Topliss-reactive ketones (excluding diaryl/α,β-unsaturated/α-hetero) is 1. The molecule has 4 rings (SSSR count). The van der Waals surface area contributed by atoms with Crippen molar-refractivity contribution in [2.45, 2.75) is 39.3 Å². The van der Waals surface area contributed by atoms with Crippen molar-refractivity contribution in [1.29, 1.82) is 0 Å². The monoisotopic (exact) mass is 499 g/mol. The van der Waals surface area contributed by atoms with Crippen LogP contribution in [0.5, 0.6) is 5.75 Å². The van der Waals surface area contributed by atoms with E-state index < -0.39 is 17.7 Å². The molecular formula is C31H33NO5. The maximum absolute atomic E-state index is 13.2. The molecule has 1 saturated heterocycles. The second-order valence-electron chi connectivity index (χ2n) is 9.24. The average molecular weight is 500 g/mol. The van der Waals surface area contributed by atoms with E-state index in [4.69, 9.17) is 9.47 Å². The number of rotatable bonds is 10. The number of aliphatic hydroxyl groups is 1. The molecule has 37 heavy (non-hydrogen) atoms. The number of amides is 1. The third-order valence-electron chi connectivity index (χ3n) is 6.61. The van der Waals surface area contributed by atoms with Gasteiger partial charge in [-0.3, -0.25) is 9.59 Å². The standard InChI is InChI=1S/C31H33NO5/c1-4-22-9-11-24(12-10-22)28-27(30(34)31(35)32(28)17-6-18-36-3)29(33)25-13-15-26(16-14-25)37-20-23-8-5-7-21(2)19-23/h5,7-16,19,28,33H,4,6,17-18,20H2,1-3H3/t28-/m0/s1. The molecule has 3 aromatic rings. The highest BCUT2D eigenvalue weighted by atomic mass is 16.5. The maximum atomic E-state index is 13.2. The number of nitrogens with zero attached hydrogens (tertiary/aromatic N) is 1. The summed E-state index contributed by atoms with van der Waals surface area (Å²) >= 11 is 0. The number of likely N-dealkylation sites (tertiary alicyclic amines) is 1. The molecule has 1 fully saturated rings. The van der Waals surface area contributed by atoms with Gasteiger partial charge in [0, 0.05) is 25.8 Å². The van der Waals surface area contributed by atoms with E-state index in [2.05, 4.69) is 13.0 Å². The largest absolute Gasteiger partial charge is 0.507 e. The molecule has 0 radical (unpaired) electrons. The smallest absolute Gasteiger partial charge is 0.295 e. The molecule has 1 N–H and O–H groups in total. The molecule has 1 aliphatic rings. The van der Waals surface area contributed by atoms with E-state index in [0.29, 0.717) is 37.5 Å². The lowest BCUT2D eigenvalue weighted by atomic mass is 9.94. The zero-order valence-electron chi connectivity index (χ0n) is 21.6. The molecule has 6 heteroatoms. The van der Waals surface area contributed by atoms with Crippen molar-refractivity contribution in [2.75, 3.05) is 20.3 Å². The number of aliphatic hydroxyl groups excluding tert-OH is 1. The van der Waals surface area contributed by atoms with Crippen LogP contribution in [0, 0.1) is 6.92 Å². The minimum atomic E-state index is -0.681. The molecular weight excluding hydrogens is 466 g/mol. The van der Waals surface area contributed by atoms with Gasteiger partial charge in [0.15, 0.2) is 0 Å². The van der Waals surface area contributed by atoms with E-state index in [-0.39, 0.29) is 11.3 Å². The summed E-state index contributed by atoms with van der Waals surface area (Å²) in [6, 6.07) is 22.2. The topological polar surface area (TPSA) is 76.1 Å². The Labute approximate surface area is 218 Å². The lowest BCUT2D eigenvalue weighted by molar-refractivity contribution is -0.140. The minimum absolute atomic E-state index is 0.0973. The van der Waals surface area contributed by atoms with Crippen molar-refractivity contribution in [3.63, 3.8) is 0 Å². The van der Waals surface area contributed by atoms with Gasteiger partial charge in [-0.1, -0.05) is 61.0 Å². The Bertz CT molecular complexity index is 1280. The summed E-state index contributed by atoms with van der Waals surface area (Å²) in [5, 5.41) is 11.3. The van der Waals surface area contributed by atoms with E-state index in [0.717, 1.165) is 23.1 Å². The molecule has 6 nitrogen and oxygen atoms in total. The molecule has 0 unspecified atom stereocenters. The maximum Gasteiger partial charge on any atom is 0.295 e. The zero-order valence-corrected chi connectivity index (χ0v) is 21.6. The molecule has 0 aromatic heterocycles. The van der Waals surface area contributed by atoms with Gasteiger partial charge in [0.25, 0.3) is 11.7 Å². The van der Waals surface area contributed by atoms with Gasteiger partial charge in [-0.25, -0.2) is 0 Å². The van der Waals surface area contributed by atoms with Crippen LogP contribution >= 0.6 is 0 Å². The highest BCUT2D eigenvalue weighted by molar-refractivity contribution is 6.46. The third kappa shape index (κ3) is 5.92. The van der Waals surface area contributed by atoms with Crippen molar-refractivity contribution < 1.29 is 24.2 Å². The highest BCUT2D eigenvalue weighted by Crippen LogP contribution is 2.39. The minimum Gasteiger partial charge on any atom is -0.507 e. The molecule has 1 heterocycles. The molecule has 1 aliphatic heterocycles. The van der Waals surface area contributed by atoms with Crippen LogP contribution in [0.25, 0.3) is 5.76 Å². The van der Waals surface area contributed by atoms with Crippen molar-refractivity contribution in [3.05, 3.63) is 106 Å². The number of benzene rings is 3. The number of aryl methyl sites for hydroxylation is 2. The van der Waals surface area contributed by atoms with Crippen molar-refractivity contribution >= 4 is 17.4 Å². The molecule has 0 saturated carbocycles. The molecule has 1 atom stereocenters. The normalized spacial score (nSPS) is 16.8. The predicted octanol–water partition coefficient (Wildman–Crippen LogP) is 5.59. The Kier molecular flexibility index (Phi) is 8.41. The zero-order chi connectivity index (χ0) is 26.4. The summed E-state index contributed by atoms with van der Waals surface area (Å²) in [5.74, 6) is -0.841. The number of hydrogen-bond donors (Lipinski definition) is 1. The molecule has 0 aliphatic carbocycles. The van der Waals surface area contributed by atoms with Crippen molar-refractivity contribution in [1.82, 2.24) is 4.90 Å². The number of ketones is 1. The Morgan fingerprint density at radius 2 is 1.70 bits per heavy atom. The first-order valence-corrected chi connectivity index (χ1v) is 12.6. The van der Waals surface area contributed by atoms with Gasteiger partial charge in [-0.2, -0.15) is 0 Å². The number of hydrogen-bond acceptors (Lipinski definition) is 5. The Morgan fingerprint density at radius 3 is 2.35 bits per heavy atom. The second-order valence-corrected chi connectivity index (χ2v) is 9.24. The lowest BCUT2D eigenvalue weighted by Gasteiger charge is -2.25. The Balaban J connectivity index is 1.63. The molecule has 1 amide bonds. The fourth-order valence-corrected chi connectivity index (χ4v) is 4.61. The van der Waals surface area contributed by atoms with Gasteiger partial charge in [-0.05, 0) is 60.7 Å². The summed E-state index contributed by atoms with van der Waals surface area (Å²) in [6.45, 7) is 5.34. The Hall–Kier alpha value is -3.90. The number of ether oxygens (including phenoxy) is 2. The second kappa shape index (κ2) is 11.9. The van der Waals surface area contributed by atoms with Crippen LogP contribution in [0.1, 0.15) is 47.2 Å². The van der Waals surface area contributed by atoms with Gasteiger partial charge in [0.05, 0.1) is 11.6 Å². The van der Waals surface area contributed by atoms with E-state index in [1.807, 2.05) is 49.4 Å². The van der Waals surface area contributed by atoms with Gasteiger partial charge in [-0.15, -0.1) is 0 Å². The van der Waals surface area contributed by atoms with Crippen LogP contribution in [-0.2, 0) is 27.4 Å². The fraction of sp³-hybridized carbons (Fsp3) is 0.290. The molecule has 3 aromatic carbocycles. The summed E-state index contributed by atoms with van der Waals surface area (Å²) in [4.78, 5) is 27.7. The van der Waals surface area contributed by atoms with Crippen LogP contribution in [0.3, 0.4) is 0 Å². The number of carbonyl (C=O) groups is 2. The first-order chi connectivity index (χ1) is 17.9. The van der Waals surface area contributed by atoms with Crippen LogP contribution in [-0.4, -0.2) is 42.0 Å². The highest BCUT2D eigenvalue weighted by Gasteiger charge is 2.45. The summed E-state index contributed by atoms with van der Waals surface area (Å²) in [6.07, 6.45) is 1.46. The van der Waals surface area contributed by atoms with Crippen molar-refractivity contribution in [3.8, 4) is 5.75 Å². The predicted molar refractivity (Wildman–Crippen MR) is 143 cm³/mol. The third-order valence-corrected chi connectivity index (χ3v) is 6.61. The molecule has 0 bridgehead atoms. The van der Waals surface area contributed by atoms with Crippen LogP contribution < -0.4 is 4.74 Å². The first kappa shape index (κ1) is 26.2. The Morgan fingerprint density at radius 1 is 0.973 bits per heavy atom. The lowest BCUT2D eigenvalue weighted by Crippen LogP contribution is -2.31. The fourth-order valence-electron chi connectivity index (χ4n) is 4.61. The average Bonchev–Trinajstić information content (AvgIpc) is 3.17. The van der Waals surface area contributed by atoms with Crippen LogP contribution in [0.2, 0.25) is 0 Å². The van der Waals surface area contributed by atoms with E-state index in [1.54, 1.807) is 31.4 Å². The van der Waals surface area contributed by atoms with E-state index >= 15 is 0 Å². The molecule has 0 spiro atoms.